The number of hydrogen-bond donors (Lipinski definition) is 1. The number of nitrogens with one attached hydrogen (secondary N) is 1. The molecule has 1 N–H and O–H groups in total. The van der Waals surface area contributed by atoms with Crippen LogP contribution >= 0.6 is 0 Å². The molecule has 1 aromatic rings. The van der Waals surface area contributed by atoms with Crippen molar-refractivity contribution in [2.45, 2.75) is 13.3 Å². The summed E-state index contributed by atoms with van der Waals surface area (Å²) in [5.41, 5.74) is 1.31. The van der Waals surface area contributed by atoms with Gasteiger partial charge in [-0.1, -0.05) is 0 Å². The number of aromatic nitrogens is 1. The van der Waals surface area contributed by atoms with Crippen LogP contribution in [0.15, 0.2) is 18.5 Å². The predicted octanol–water partition coefficient (Wildman–Crippen LogP) is 1.50. The molecule has 0 saturated heterocycles. The van der Waals surface area contributed by atoms with Crippen molar-refractivity contribution in [2.75, 3.05) is 25.5 Å². The molecular weight excluding hydrogens is 216 g/mol. The zero-order chi connectivity index (χ0) is 12.7. The maximum Gasteiger partial charge on any atom is 0.257 e. The molecule has 5 heteroatoms. The second-order valence-corrected chi connectivity index (χ2v) is 3.59. The minimum atomic E-state index is -0.121. The Kier molecular flexibility index (Phi) is 4.95. The summed E-state index contributed by atoms with van der Waals surface area (Å²) in [6.45, 7) is 3.13. The van der Waals surface area contributed by atoms with Crippen LogP contribution in [0, 0.1) is 11.3 Å². The average molecular weight is 232 g/mol. The van der Waals surface area contributed by atoms with E-state index in [9.17, 15) is 4.79 Å². The molecule has 0 aromatic carbocycles. The van der Waals surface area contributed by atoms with Crippen molar-refractivity contribution in [3.63, 3.8) is 0 Å². The smallest absolute Gasteiger partial charge is 0.257 e. The number of hydrogen-bond acceptors (Lipinski definition) is 4. The molecule has 17 heavy (non-hydrogen) atoms. The summed E-state index contributed by atoms with van der Waals surface area (Å²) in [6.07, 6.45) is 3.52. The van der Waals surface area contributed by atoms with E-state index in [0.717, 1.165) is 12.2 Å². The Balaban J connectivity index is 2.84. The SMILES string of the molecule is CCNc1ccncc1C(=O)N(C)CCC#N. The summed E-state index contributed by atoms with van der Waals surface area (Å²) in [5.74, 6) is -0.121. The molecule has 0 saturated carbocycles. The molecule has 0 spiro atoms. The molecule has 0 bridgehead atoms. The van der Waals surface area contributed by atoms with Gasteiger partial charge in [-0.15, -0.1) is 0 Å². The lowest BCUT2D eigenvalue weighted by molar-refractivity contribution is 0.0798. The van der Waals surface area contributed by atoms with Gasteiger partial charge in [-0.2, -0.15) is 5.26 Å². The third-order valence-corrected chi connectivity index (χ3v) is 2.32. The minimum Gasteiger partial charge on any atom is -0.385 e. The molecule has 0 aliphatic rings. The topological polar surface area (TPSA) is 69.0 Å². The highest BCUT2D eigenvalue weighted by Gasteiger charge is 2.15. The highest BCUT2D eigenvalue weighted by atomic mass is 16.2. The van der Waals surface area contributed by atoms with E-state index in [2.05, 4.69) is 10.3 Å². The number of pyridine rings is 1. The van der Waals surface area contributed by atoms with Crippen molar-refractivity contribution in [3.8, 4) is 6.07 Å². The summed E-state index contributed by atoms with van der Waals surface area (Å²) in [5, 5.41) is 11.6. The molecule has 1 heterocycles. The third-order valence-electron chi connectivity index (χ3n) is 2.32. The van der Waals surface area contributed by atoms with Crippen LogP contribution in [0.3, 0.4) is 0 Å². The Bertz CT molecular complexity index is 425. The van der Waals surface area contributed by atoms with Crippen LogP contribution in [-0.4, -0.2) is 35.9 Å². The Morgan fingerprint density at radius 2 is 2.41 bits per heavy atom. The lowest BCUT2D eigenvalue weighted by atomic mass is 10.2. The molecule has 0 fully saturated rings. The Morgan fingerprint density at radius 1 is 1.65 bits per heavy atom. The first-order valence-electron chi connectivity index (χ1n) is 5.51. The fraction of sp³-hybridized carbons (Fsp3) is 0.417. The predicted molar refractivity (Wildman–Crippen MR) is 65.6 cm³/mol. The first-order valence-corrected chi connectivity index (χ1v) is 5.51. The zero-order valence-electron chi connectivity index (χ0n) is 10.1. The Morgan fingerprint density at radius 3 is 3.06 bits per heavy atom. The van der Waals surface area contributed by atoms with Crippen LogP contribution in [0.5, 0.6) is 0 Å². The molecule has 0 atom stereocenters. The summed E-state index contributed by atoms with van der Waals surface area (Å²) in [7, 11) is 1.68. The van der Waals surface area contributed by atoms with Gasteiger partial charge in [0.2, 0.25) is 0 Å². The largest absolute Gasteiger partial charge is 0.385 e. The molecule has 0 aliphatic carbocycles. The van der Waals surface area contributed by atoms with E-state index in [-0.39, 0.29) is 5.91 Å². The van der Waals surface area contributed by atoms with Crippen molar-refractivity contribution in [1.82, 2.24) is 9.88 Å². The van der Waals surface area contributed by atoms with Crippen molar-refractivity contribution >= 4 is 11.6 Å². The quantitative estimate of drug-likeness (QED) is 0.835. The standard InChI is InChI=1S/C12H16N4O/c1-3-15-11-5-7-14-9-10(11)12(17)16(2)8-4-6-13/h5,7,9H,3-4,8H2,1-2H3,(H,14,15). The summed E-state index contributed by atoms with van der Waals surface area (Å²) < 4.78 is 0. The van der Waals surface area contributed by atoms with Crippen molar-refractivity contribution in [3.05, 3.63) is 24.0 Å². The number of nitriles is 1. The summed E-state index contributed by atoms with van der Waals surface area (Å²) in [6, 6.07) is 3.79. The van der Waals surface area contributed by atoms with E-state index in [1.807, 2.05) is 13.0 Å². The average Bonchev–Trinajstić information content (AvgIpc) is 2.36. The van der Waals surface area contributed by atoms with Crippen molar-refractivity contribution < 1.29 is 4.79 Å². The van der Waals surface area contributed by atoms with Crippen LogP contribution in [-0.2, 0) is 0 Å². The van der Waals surface area contributed by atoms with E-state index in [1.165, 1.54) is 4.90 Å². The second kappa shape index (κ2) is 6.48. The second-order valence-electron chi connectivity index (χ2n) is 3.59. The van der Waals surface area contributed by atoms with Gasteiger partial charge in [-0.05, 0) is 13.0 Å². The lowest BCUT2D eigenvalue weighted by Crippen LogP contribution is -2.28. The zero-order valence-corrected chi connectivity index (χ0v) is 10.1. The third kappa shape index (κ3) is 3.45. The van der Waals surface area contributed by atoms with E-state index in [4.69, 9.17) is 5.26 Å². The van der Waals surface area contributed by atoms with Crippen molar-refractivity contribution in [2.24, 2.45) is 0 Å². The fourth-order valence-corrected chi connectivity index (χ4v) is 1.43. The molecule has 90 valence electrons. The number of nitrogens with zero attached hydrogens (tertiary/aromatic N) is 3. The van der Waals surface area contributed by atoms with Crippen LogP contribution in [0.25, 0.3) is 0 Å². The van der Waals surface area contributed by atoms with Crippen molar-refractivity contribution in [1.29, 1.82) is 5.26 Å². The summed E-state index contributed by atoms with van der Waals surface area (Å²) >= 11 is 0. The van der Waals surface area contributed by atoms with Gasteiger partial charge in [-0.3, -0.25) is 9.78 Å². The molecular formula is C12H16N4O. The first-order chi connectivity index (χ1) is 8.20. The van der Waals surface area contributed by atoms with Crippen LogP contribution < -0.4 is 5.32 Å². The number of anilines is 1. The fourth-order valence-electron chi connectivity index (χ4n) is 1.43. The number of amides is 1. The van der Waals surface area contributed by atoms with Crippen LogP contribution in [0.4, 0.5) is 5.69 Å². The van der Waals surface area contributed by atoms with Gasteiger partial charge in [0.15, 0.2) is 0 Å². The molecule has 1 amide bonds. The van der Waals surface area contributed by atoms with Gasteiger partial charge in [0.05, 0.1) is 23.7 Å². The minimum absolute atomic E-state index is 0.121. The normalized spacial score (nSPS) is 9.47. The maximum absolute atomic E-state index is 12.1. The van der Waals surface area contributed by atoms with Crippen LogP contribution in [0.1, 0.15) is 23.7 Å². The van der Waals surface area contributed by atoms with Gasteiger partial charge >= 0.3 is 0 Å². The Hall–Kier alpha value is -2.09. The molecule has 1 rings (SSSR count). The highest BCUT2D eigenvalue weighted by molar-refractivity contribution is 5.99. The van der Waals surface area contributed by atoms with E-state index >= 15 is 0 Å². The first kappa shape index (κ1) is 13.0. The number of rotatable bonds is 5. The molecule has 0 aliphatic heterocycles. The number of carbonyl (C=O) groups is 1. The van der Waals surface area contributed by atoms with Gasteiger partial charge in [0.1, 0.15) is 0 Å². The van der Waals surface area contributed by atoms with Gasteiger partial charge in [0, 0.05) is 32.5 Å². The molecule has 0 unspecified atom stereocenters. The lowest BCUT2D eigenvalue weighted by Gasteiger charge is -2.17. The van der Waals surface area contributed by atoms with Gasteiger partial charge in [0.25, 0.3) is 5.91 Å². The number of carbonyl (C=O) groups excluding carboxylic acids is 1. The van der Waals surface area contributed by atoms with E-state index in [1.54, 1.807) is 25.5 Å². The van der Waals surface area contributed by atoms with E-state index in [0.29, 0.717) is 18.5 Å². The highest BCUT2D eigenvalue weighted by Crippen LogP contribution is 2.15. The van der Waals surface area contributed by atoms with Gasteiger partial charge in [-0.25, -0.2) is 0 Å². The van der Waals surface area contributed by atoms with Crippen LogP contribution in [0.2, 0.25) is 0 Å². The van der Waals surface area contributed by atoms with Gasteiger partial charge < -0.3 is 10.2 Å². The van der Waals surface area contributed by atoms with E-state index < -0.39 is 0 Å². The Labute approximate surface area is 101 Å². The molecule has 5 nitrogen and oxygen atoms in total. The molecule has 0 radical (unpaired) electrons. The summed E-state index contributed by atoms with van der Waals surface area (Å²) in [4.78, 5) is 17.6. The maximum atomic E-state index is 12.1. The molecule has 1 aromatic heterocycles. The monoisotopic (exact) mass is 232 g/mol.